The zero-order valence-corrected chi connectivity index (χ0v) is 16.6. The lowest BCUT2D eigenvalue weighted by molar-refractivity contribution is -0.125. The minimum atomic E-state index is -0.577. The summed E-state index contributed by atoms with van der Waals surface area (Å²) in [6.45, 7) is 0. The molecule has 0 spiro atoms. The van der Waals surface area contributed by atoms with Gasteiger partial charge in [-0.1, -0.05) is 36.2 Å². The van der Waals surface area contributed by atoms with Gasteiger partial charge in [0.05, 0.1) is 11.6 Å². The van der Waals surface area contributed by atoms with E-state index in [1.165, 1.54) is 18.2 Å². The van der Waals surface area contributed by atoms with Gasteiger partial charge in [0.15, 0.2) is 0 Å². The van der Waals surface area contributed by atoms with Crippen molar-refractivity contribution in [2.24, 2.45) is 5.92 Å². The van der Waals surface area contributed by atoms with Gasteiger partial charge in [0.25, 0.3) is 0 Å². The van der Waals surface area contributed by atoms with E-state index in [0.29, 0.717) is 11.6 Å². The van der Waals surface area contributed by atoms with Crippen molar-refractivity contribution >= 4 is 17.9 Å². The van der Waals surface area contributed by atoms with Crippen molar-refractivity contribution in [1.82, 2.24) is 10.0 Å². The molecular weight excluding hydrogens is 378 g/mol. The first-order valence-electron chi connectivity index (χ1n) is 9.73. The van der Waals surface area contributed by atoms with Crippen LogP contribution >= 0.6 is 11.9 Å². The van der Waals surface area contributed by atoms with Crippen LogP contribution in [0.2, 0.25) is 0 Å². The van der Waals surface area contributed by atoms with Gasteiger partial charge in [0.1, 0.15) is 11.6 Å². The molecule has 2 aliphatic carbocycles. The van der Waals surface area contributed by atoms with Gasteiger partial charge in [0, 0.05) is 12.0 Å². The van der Waals surface area contributed by atoms with Crippen LogP contribution in [0.4, 0.5) is 8.78 Å². The highest BCUT2D eigenvalue weighted by Crippen LogP contribution is 2.41. The van der Waals surface area contributed by atoms with Crippen LogP contribution in [0.15, 0.2) is 36.4 Å². The number of hydrogen-bond acceptors (Lipinski definition) is 3. The molecule has 1 fully saturated rings. The van der Waals surface area contributed by atoms with E-state index >= 15 is 0 Å². The van der Waals surface area contributed by atoms with Crippen molar-refractivity contribution in [3.63, 3.8) is 0 Å². The Morgan fingerprint density at radius 1 is 1.07 bits per heavy atom. The summed E-state index contributed by atoms with van der Waals surface area (Å²) in [6, 6.07) is 9.65. The first-order valence-corrected chi connectivity index (χ1v) is 11.0. The van der Waals surface area contributed by atoms with Gasteiger partial charge in [-0.15, -0.1) is 0 Å². The summed E-state index contributed by atoms with van der Waals surface area (Å²) in [5, 5.41) is 3.17. The zero-order chi connectivity index (χ0) is 19.7. The van der Waals surface area contributed by atoms with Gasteiger partial charge < -0.3 is 5.32 Å². The minimum absolute atomic E-state index is 0.00828. The van der Waals surface area contributed by atoms with Crippen molar-refractivity contribution in [1.29, 1.82) is 0 Å². The van der Waals surface area contributed by atoms with Crippen LogP contribution in [0.25, 0.3) is 11.1 Å². The molecule has 2 N–H and O–H groups in total. The van der Waals surface area contributed by atoms with E-state index in [4.69, 9.17) is 0 Å². The molecule has 0 radical (unpaired) electrons. The SMILES string of the molecule is CSNC1CCC(C(=O)NC2CCc3cccc(-c4c(F)cccc4F)c32)C1. The molecule has 1 amide bonds. The quantitative estimate of drug-likeness (QED) is 0.708. The van der Waals surface area contributed by atoms with E-state index < -0.39 is 11.6 Å². The number of carbonyl (C=O) groups is 1. The molecule has 1 saturated carbocycles. The summed E-state index contributed by atoms with van der Waals surface area (Å²) in [5.74, 6) is -1.11. The molecule has 6 heteroatoms. The first kappa shape index (κ1) is 19.4. The van der Waals surface area contributed by atoms with E-state index in [9.17, 15) is 13.6 Å². The highest BCUT2D eigenvalue weighted by Gasteiger charge is 2.34. The molecular formula is C22H24F2N2OS. The molecule has 3 atom stereocenters. The molecule has 3 nitrogen and oxygen atoms in total. The molecule has 0 saturated heterocycles. The Morgan fingerprint density at radius 3 is 2.57 bits per heavy atom. The second-order valence-electron chi connectivity index (χ2n) is 7.60. The van der Waals surface area contributed by atoms with Crippen LogP contribution in [-0.2, 0) is 11.2 Å². The molecule has 2 aliphatic rings. The lowest BCUT2D eigenvalue weighted by atomic mass is 9.94. The van der Waals surface area contributed by atoms with Crippen molar-refractivity contribution in [2.45, 2.75) is 44.2 Å². The maximum absolute atomic E-state index is 14.4. The largest absolute Gasteiger partial charge is 0.349 e. The van der Waals surface area contributed by atoms with E-state index in [2.05, 4.69) is 10.0 Å². The average Bonchev–Trinajstić information content (AvgIpc) is 3.30. The smallest absolute Gasteiger partial charge is 0.223 e. The third-order valence-electron chi connectivity index (χ3n) is 5.88. The molecule has 0 aromatic heterocycles. The number of hydrogen-bond donors (Lipinski definition) is 2. The van der Waals surface area contributed by atoms with Crippen LogP contribution in [0.1, 0.15) is 42.9 Å². The highest BCUT2D eigenvalue weighted by molar-refractivity contribution is 7.96. The van der Waals surface area contributed by atoms with Gasteiger partial charge in [-0.05, 0) is 67.2 Å². The van der Waals surface area contributed by atoms with Gasteiger partial charge in [-0.3, -0.25) is 9.52 Å². The van der Waals surface area contributed by atoms with Crippen molar-refractivity contribution in [2.75, 3.05) is 6.26 Å². The van der Waals surface area contributed by atoms with Crippen LogP contribution < -0.4 is 10.0 Å². The maximum atomic E-state index is 14.4. The minimum Gasteiger partial charge on any atom is -0.349 e. The second-order valence-corrected chi connectivity index (χ2v) is 8.25. The second kappa shape index (κ2) is 8.21. The van der Waals surface area contributed by atoms with Gasteiger partial charge in [-0.2, -0.15) is 0 Å². The Balaban J connectivity index is 1.59. The third-order valence-corrected chi connectivity index (χ3v) is 6.45. The molecule has 148 valence electrons. The predicted molar refractivity (Wildman–Crippen MR) is 109 cm³/mol. The fourth-order valence-electron chi connectivity index (χ4n) is 4.59. The Hall–Kier alpha value is -1.92. The van der Waals surface area contributed by atoms with Crippen molar-refractivity contribution in [3.05, 3.63) is 59.2 Å². The van der Waals surface area contributed by atoms with E-state index in [1.54, 1.807) is 18.0 Å². The Kier molecular flexibility index (Phi) is 5.69. The predicted octanol–water partition coefficient (Wildman–Crippen LogP) is 4.77. The van der Waals surface area contributed by atoms with E-state index in [1.807, 2.05) is 18.4 Å². The van der Waals surface area contributed by atoms with Crippen molar-refractivity contribution < 1.29 is 13.6 Å². The zero-order valence-electron chi connectivity index (χ0n) is 15.8. The monoisotopic (exact) mass is 402 g/mol. The fourth-order valence-corrected chi connectivity index (χ4v) is 5.13. The summed E-state index contributed by atoms with van der Waals surface area (Å²) < 4.78 is 32.2. The summed E-state index contributed by atoms with van der Waals surface area (Å²) in [6.07, 6.45) is 6.24. The number of fused-ring (bicyclic) bond motifs is 1. The van der Waals surface area contributed by atoms with Gasteiger partial charge >= 0.3 is 0 Å². The molecule has 4 rings (SSSR count). The van der Waals surface area contributed by atoms with E-state index in [0.717, 1.165) is 43.2 Å². The van der Waals surface area contributed by atoms with E-state index in [-0.39, 0.29) is 23.4 Å². The molecule has 0 bridgehead atoms. The summed E-state index contributed by atoms with van der Waals surface area (Å²) in [4.78, 5) is 12.8. The number of aryl methyl sites for hydroxylation is 1. The lowest BCUT2D eigenvalue weighted by Crippen LogP contribution is -2.33. The summed E-state index contributed by atoms with van der Waals surface area (Å²) >= 11 is 1.59. The number of amides is 1. The number of benzene rings is 2. The summed E-state index contributed by atoms with van der Waals surface area (Å²) in [5.41, 5.74) is 2.45. The summed E-state index contributed by atoms with van der Waals surface area (Å²) in [7, 11) is 0. The molecule has 0 heterocycles. The Labute approximate surface area is 168 Å². The fraction of sp³-hybridized carbons (Fsp3) is 0.409. The van der Waals surface area contributed by atoms with Crippen LogP contribution in [0.3, 0.4) is 0 Å². The standard InChI is InChI=1S/C22H24F2N2OS/c1-28-26-15-10-8-14(12-15)22(27)25-19-11-9-13-4-2-5-16(20(13)19)21-17(23)6-3-7-18(21)24/h2-7,14-15,19,26H,8-12H2,1H3,(H,25,27). The molecule has 3 unspecified atom stereocenters. The number of nitrogens with one attached hydrogen (secondary N) is 2. The van der Waals surface area contributed by atoms with Crippen molar-refractivity contribution in [3.8, 4) is 11.1 Å². The Bertz CT molecular complexity index is 869. The molecule has 28 heavy (non-hydrogen) atoms. The highest BCUT2D eigenvalue weighted by atomic mass is 32.2. The average molecular weight is 403 g/mol. The van der Waals surface area contributed by atoms with Crippen LogP contribution in [0, 0.1) is 17.6 Å². The topological polar surface area (TPSA) is 41.1 Å². The van der Waals surface area contributed by atoms with Crippen LogP contribution in [-0.4, -0.2) is 18.2 Å². The number of rotatable bonds is 5. The normalized spacial score (nSPS) is 23.6. The van der Waals surface area contributed by atoms with Crippen LogP contribution in [0.5, 0.6) is 0 Å². The molecule has 0 aliphatic heterocycles. The lowest BCUT2D eigenvalue weighted by Gasteiger charge is -2.20. The van der Waals surface area contributed by atoms with Gasteiger partial charge in [0.2, 0.25) is 5.91 Å². The first-order chi connectivity index (χ1) is 13.6. The maximum Gasteiger partial charge on any atom is 0.223 e. The molecule has 2 aromatic rings. The number of carbonyl (C=O) groups excluding carboxylic acids is 1. The number of halogens is 2. The van der Waals surface area contributed by atoms with Gasteiger partial charge in [-0.25, -0.2) is 8.78 Å². The Morgan fingerprint density at radius 2 is 1.82 bits per heavy atom. The third kappa shape index (κ3) is 3.67. The molecule has 2 aromatic carbocycles.